The highest BCUT2D eigenvalue weighted by atomic mass is 79.9. The molecule has 2 aromatic rings. The molecule has 1 aliphatic rings. The fourth-order valence-corrected chi connectivity index (χ4v) is 4.50. The second-order valence-electron chi connectivity index (χ2n) is 5.78. The zero-order chi connectivity index (χ0) is 18.8. The molecule has 0 radical (unpaired) electrons. The molecule has 0 saturated carbocycles. The van der Waals surface area contributed by atoms with Gasteiger partial charge in [0.2, 0.25) is 0 Å². The third-order valence-electron chi connectivity index (χ3n) is 3.99. The second-order valence-corrected chi connectivity index (χ2v) is 7.80. The third kappa shape index (κ3) is 3.73. The molecule has 0 unspecified atom stereocenters. The predicted octanol–water partition coefficient (Wildman–Crippen LogP) is 2.48. The average Bonchev–Trinajstić information content (AvgIpc) is 3.15. The number of hydrogen-bond donors (Lipinski definition) is 3. The molecule has 1 aliphatic carbocycles. The van der Waals surface area contributed by atoms with Crippen LogP contribution in [0.2, 0.25) is 0 Å². The highest BCUT2D eigenvalue weighted by Gasteiger charge is 2.26. The first-order chi connectivity index (χ1) is 12.4. The van der Waals surface area contributed by atoms with E-state index in [1.807, 2.05) is 0 Å². The Labute approximate surface area is 161 Å². The van der Waals surface area contributed by atoms with E-state index in [0.29, 0.717) is 15.0 Å². The number of carbonyl (C=O) groups excluding carboxylic acids is 3. The summed E-state index contributed by atoms with van der Waals surface area (Å²) in [6.07, 6.45) is 2.62. The van der Waals surface area contributed by atoms with Gasteiger partial charge in [0.05, 0.1) is 11.1 Å². The van der Waals surface area contributed by atoms with Crippen molar-refractivity contribution in [1.29, 1.82) is 0 Å². The molecule has 0 bridgehead atoms. The molecule has 1 heterocycles. The first-order valence-corrected chi connectivity index (χ1v) is 9.44. The molecule has 0 spiro atoms. The van der Waals surface area contributed by atoms with Crippen LogP contribution in [0.1, 0.15) is 37.6 Å². The van der Waals surface area contributed by atoms with Crippen LogP contribution in [-0.2, 0) is 22.4 Å². The van der Waals surface area contributed by atoms with Gasteiger partial charge in [0.1, 0.15) is 5.00 Å². The van der Waals surface area contributed by atoms with Crippen LogP contribution in [0.3, 0.4) is 0 Å². The number of nitrogens with one attached hydrogen (secondary N) is 1. The van der Waals surface area contributed by atoms with E-state index in [2.05, 4.69) is 21.2 Å². The largest absolute Gasteiger partial charge is 0.452 e. The van der Waals surface area contributed by atoms with E-state index in [-0.39, 0.29) is 11.3 Å². The lowest BCUT2D eigenvalue weighted by atomic mass is 10.1. The number of rotatable bonds is 5. The maximum absolute atomic E-state index is 12.1. The van der Waals surface area contributed by atoms with E-state index in [1.165, 1.54) is 17.4 Å². The topological polar surface area (TPSA) is 125 Å². The molecule has 5 N–H and O–H groups in total. The molecule has 3 rings (SSSR count). The normalized spacial score (nSPS) is 12.5. The van der Waals surface area contributed by atoms with Gasteiger partial charge < -0.3 is 21.5 Å². The Bertz CT molecular complexity index is 910. The molecule has 26 heavy (non-hydrogen) atoms. The molecule has 0 fully saturated rings. The number of nitrogen functional groups attached to an aromatic ring is 1. The van der Waals surface area contributed by atoms with Crippen molar-refractivity contribution in [3.05, 3.63) is 44.2 Å². The Hall–Kier alpha value is -2.39. The standard InChI is InChI=1S/C17H16BrN3O4S/c18-8-4-5-11(19)10(6-8)17(24)25-7-13(22)21-16-14(15(20)23)9-2-1-3-12(9)26-16/h4-6H,1-3,7,19H2,(H2,20,23)(H,21,22). The van der Waals surface area contributed by atoms with Gasteiger partial charge >= 0.3 is 5.97 Å². The minimum atomic E-state index is -0.706. The molecule has 0 atom stereocenters. The number of esters is 1. The lowest BCUT2D eigenvalue weighted by Gasteiger charge is -2.08. The highest BCUT2D eigenvalue weighted by molar-refractivity contribution is 9.10. The Morgan fingerprint density at radius 2 is 2.04 bits per heavy atom. The lowest BCUT2D eigenvalue weighted by Crippen LogP contribution is -2.23. The zero-order valence-corrected chi connectivity index (χ0v) is 16.0. The van der Waals surface area contributed by atoms with Crippen LogP contribution in [0.5, 0.6) is 0 Å². The first kappa shape index (κ1) is 18.4. The van der Waals surface area contributed by atoms with Gasteiger partial charge in [0.15, 0.2) is 6.61 Å². The number of fused-ring (bicyclic) bond motifs is 1. The predicted molar refractivity (Wildman–Crippen MR) is 102 cm³/mol. The Morgan fingerprint density at radius 1 is 1.27 bits per heavy atom. The fraction of sp³-hybridized carbons (Fsp3) is 0.235. The van der Waals surface area contributed by atoms with Gasteiger partial charge in [-0.2, -0.15) is 0 Å². The smallest absolute Gasteiger partial charge is 0.340 e. The van der Waals surface area contributed by atoms with Gasteiger partial charge in [-0.3, -0.25) is 9.59 Å². The quantitative estimate of drug-likeness (QED) is 0.489. The molecular weight excluding hydrogens is 422 g/mol. The number of primary amides is 1. The molecule has 9 heteroatoms. The summed E-state index contributed by atoms with van der Waals surface area (Å²) in [5.41, 5.74) is 12.9. The summed E-state index contributed by atoms with van der Waals surface area (Å²) in [5.74, 6) is -1.82. The molecule has 1 aromatic carbocycles. The highest BCUT2D eigenvalue weighted by Crippen LogP contribution is 2.38. The van der Waals surface area contributed by atoms with Crippen LogP contribution < -0.4 is 16.8 Å². The van der Waals surface area contributed by atoms with Crippen molar-refractivity contribution in [3.63, 3.8) is 0 Å². The number of benzene rings is 1. The Kier molecular flexibility index (Phi) is 5.28. The third-order valence-corrected chi connectivity index (χ3v) is 5.69. The van der Waals surface area contributed by atoms with Crippen LogP contribution in [0.4, 0.5) is 10.7 Å². The monoisotopic (exact) mass is 437 g/mol. The van der Waals surface area contributed by atoms with Crippen molar-refractivity contribution in [2.75, 3.05) is 17.7 Å². The summed E-state index contributed by atoms with van der Waals surface area (Å²) in [7, 11) is 0. The number of nitrogens with two attached hydrogens (primary N) is 2. The van der Waals surface area contributed by atoms with Crippen LogP contribution in [0, 0.1) is 0 Å². The minimum absolute atomic E-state index is 0.167. The van der Waals surface area contributed by atoms with Crippen molar-refractivity contribution in [2.24, 2.45) is 5.73 Å². The zero-order valence-electron chi connectivity index (χ0n) is 13.6. The van der Waals surface area contributed by atoms with Gasteiger partial charge in [-0.05, 0) is 43.0 Å². The minimum Gasteiger partial charge on any atom is -0.452 e. The molecule has 7 nitrogen and oxygen atoms in total. The van der Waals surface area contributed by atoms with Crippen molar-refractivity contribution < 1.29 is 19.1 Å². The average molecular weight is 438 g/mol. The van der Waals surface area contributed by atoms with Crippen molar-refractivity contribution in [2.45, 2.75) is 19.3 Å². The summed E-state index contributed by atoms with van der Waals surface area (Å²) in [6.45, 7) is -0.494. The molecule has 2 amide bonds. The summed E-state index contributed by atoms with van der Waals surface area (Å²) in [6, 6.07) is 4.78. The van der Waals surface area contributed by atoms with Crippen LogP contribution >= 0.6 is 27.3 Å². The number of carbonyl (C=O) groups is 3. The van der Waals surface area contributed by atoms with E-state index < -0.39 is 24.4 Å². The molecular formula is C17H16BrN3O4S. The fourth-order valence-electron chi connectivity index (χ4n) is 2.83. The number of aryl methyl sites for hydroxylation is 1. The van der Waals surface area contributed by atoms with Crippen LogP contribution in [0.25, 0.3) is 0 Å². The molecule has 136 valence electrons. The SMILES string of the molecule is NC(=O)c1c(NC(=O)COC(=O)c2cc(Br)ccc2N)sc2c1CCC2. The first-order valence-electron chi connectivity index (χ1n) is 7.83. The van der Waals surface area contributed by atoms with Crippen molar-refractivity contribution in [3.8, 4) is 0 Å². The second kappa shape index (κ2) is 7.46. The van der Waals surface area contributed by atoms with Gasteiger partial charge in [-0.1, -0.05) is 15.9 Å². The summed E-state index contributed by atoms with van der Waals surface area (Å²) < 4.78 is 5.68. The summed E-state index contributed by atoms with van der Waals surface area (Å²) >= 11 is 4.59. The van der Waals surface area contributed by atoms with Gasteiger partial charge in [-0.25, -0.2) is 4.79 Å². The van der Waals surface area contributed by atoms with Crippen LogP contribution in [0.15, 0.2) is 22.7 Å². The van der Waals surface area contributed by atoms with E-state index >= 15 is 0 Å². The van der Waals surface area contributed by atoms with E-state index in [0.717, 1.165) is 29.7 Å². The Morgan fingerprint density at radius 3 is 2.77 bits per heavy atom. The maximum Gasteiger partial charge on any atom is 0.340 e. The number of amides is 2. The van der Waals surface area contributed by atoms with Gasteiger partial charge in [-0.15, -0.1) is 11.3 Å². The number of thiophene rings is 1. The van der Waals surface area contributed by atoms with Crippen molar-refractivity contribution in [1.82, 2.24) is 0 Å². The van der Waals surface area contributed by atoms with Crippen molar-refractivity contribution >= 4 is 55.7 Å². The summed E-state index contributed by atoms with van der Waals surface area (Å²) in [4.78, 5) is 37.0. The summed E-state index contributed by atoms with van der Waals surface area (Å²) in [5, 5.41) is 3.02. The molecule has 0 aliphatic heterocycles. The van der Waals surface area contributed by atoms with E-state index in [4.69, 9.17) is 16.2 Å². The molecule has 1 aromatic heterocycles. The maximum atomic E-state index is 12.1. The number of hydrogen-bond acceptors (Lipinski definition) is 6. The number of ether oxygens (including phenoxy) is 1. The molecule has 0 saturated heterocycles. The van der Waals surface area contributed by atoms with E-state index in [9.17, 15) is 14.4 Å². The number of halogens is 1. The number of anilines is 2. The lowest BCUT2D eigenvalue weighted by molar-refractivity contribution is -0.119. The van der Waals surface area contributed by atoms with Crippen LogP contribution in [-0.4, -0.2) is 24.4 Å². The van der Waals surface area contributed by atoms with Gasteiger partial charge in [0, 0.05) is 15.0 Å². The van der Waals surface area contributed by atoms with Gasteiger partial charge in [0.25, 0.3) is 11.8 Å². The Balaban J connectivity index is 1.66. The van der Waals surface area contributed by atoms with E-state index in [1.54, 1.807) is 12.1 Å².